The maximum atomic E-state index is 10.9. The van der Waals surface area contributed by atoms with Gasteiger partial charge in [-0.3, -0.25) is 4.79 Å². The molecular formula is C13H14O3. The Morgan fingerprint density at radius 2 is 1.75 bits per heavy atom. The van der Waals surface area contributed by atoms with Crippen molar-refractivity contribution in [3.8, 4) is 11.5 Å². The van der Waals surface area contributed by atoms with Crippen LogP contribution >= 0.6 is 0 Å². The van der Waals surface area contributed by atoms with Crippen molar-refractivity contribution < 1.29 is 14.3 Å². The highest BCUT2D eigenvalue weighted by Gasteiger charge is 2.15. The van der Waals surface area contributed by atoms with Gasteiger partial charge < -0.3 is 9.47 Å². The van der Waals surface area contributed by atoms with Crippen molar-refractivity contribution >= 4 is 18.4 Å². The summed E-state index contributed by atoms with van der Waals surface area (Å²) >= 11 is 0. The SMILES string of the molecule is C=Cc1c(OC)cc(C=O)c(OC)c1C=C. The Bertz CT molecular complexity index is 433. The lowest BCUT2D eigenvalue weighted by Gasteiger charge is -2.14. The van der Waals surface area contributed by atoms with Gasteiger partial charge in [-0.25, -0.2) is 0 Å². The molecule has 0 spiro atoms. The van der Waals surface area contributed by atoms with E-state index in [1.165, 1.54) is 14.2 Å². The fourth-order valence-electron chi connectivity index (χ4n) is 1.59. The summed E-state index contributed by atoms with van der Waals surface area (Å²) in [5.74, 6) is 1.06. The van der Waals surface area contributed by atoms with Gasteiger partial charge in [-0.05, 0) is 6.07 Å². The number of hydrogen-bond acceptors (Lipinski definition) is 3. The Kier molecular flexibility index (Phi) is 3.89. The molecule has 1 aromatic carbocycles. The number of aldehydes is 1. The molecule has 0 aliphatic heterocycles. The van der Waals surface area contributed by atoms with E-state index in [-0.39, 0.29) is 0 Å². The first-order valence-electron chi connectivity index (χ1n) is 4.72. The van der Waals surface area contributed by atoms with Gasteiger partial charge in [-0.1, -0.05) is 25.3 Å². The second-order valence-corrected chi connectivity index (χ2v) is 3.05. The Balaban J connectivity index is 3.66. The van der Waals surface area contributed by atoms with Gasteiger partial charge in [-0.2, -0.15) is 0 Å². The minimum atomic E-state index is 0.430. The summed E-state index contributed by atoms with van der Waals surface area (Å²) in [6, 6.07) is 1.62. The van der Waals surface area contributed by atoms with Crippen LogP contribution < -0.4 is 9.47 Å². The van der Waals surface area contributed by atoms with E-state index in [9.17, 15) is 4.79 Å². The zero-order chi connectivity index (χ0) is 12.1. The number of carbonyl (C=O) groups excluding carboxylic acids is 1. The van der Waals surface area contributed by atoms with Crippen LogP contribution in [0.2, 0.25) is 0 Å². The van der Waals surface area contributed by atoms with Crippen molar-refractivity contribution in [3.05, 3.63) is 35.9 Å². The van der Waals surface area contributed by atoms with Gasteiger partial charge in [-0.15, -0.1) is 0 Å². The fourth-order valence-corrected chi connectivity index (χ4v) is 1.59. The molecule has 1 aromatic rings. The summed E-state index contributed by atoms with van der Waals surface area (Å²) in [5, 5.41) is 0. The molecule has 0 saturated carbocycles. The van der Waals surface area contributed by atoms with Crippen molar-refractivity contribution in [2.75, 3.05) is 14.2 Å². The molecule has 0 aromatic heterocycles. The molecule has 0 atom stereocenters. The van der Waals surface area contributed by atoms with E-state index in [2.05, 4.69) is 13.2 Å². The van der Waals surface area contributed by atoms with E-state index in [4.69, 9.17) is 9.47 Å². The van der Waals surface area contributed by atoms with Gasteiger partial charge in [0.05, 0.1) is 19.8 Å². The van der Waals surface area contributed by atoms with Crippen molar-refractivity contribution in [2.45, 2.75) is 0 Å². The first-order valence-corrected chi connectivity index (χ1v) is 4.72. The van der Waals surface area contributed by atoms with Crippen molar-refractivity contribution in [1.82, 2.24) is 0 Å². The molecule has 0 unspecified atom stereocenters. The van der Waals surface area contributed by atoms with Gasteiger partial charge in [0.15, 0.2) is 6.29 Å². The molecule has 3 heteroatoms. The minimum absolute atomic E-state index is 0.430. The van der Waals surface area contributed by atoms with Crippen LogP contribution in [-0.2, 0) is 0 Å². The fraction of sp³-hybridized carbons (Fsp3) is 0.154. The molecule has 0 saturated heterocycles. The Morgan fingerprint density at radius 1 is 1.12 bits per heavy atom. The number of benzene rings is 1. The molecule has 0 heterocycles. The molecule has 0 aliphatic carbocycles. The van der Waals surface area contributed by atoms with Crippen LogP contribution in [0.3, 0.4) is 0 Å². The third-order valence-electron chi connectivity index (χ3n) is 2.31. The van der Waals surface area contributed by atoms with E-state index < -0.39 is 0 Å². The lowest BCUT2D eigenvalue weighted by molar-refractivity contribution is 0.112. The van der Waals surface area contributed by atoms with Gasteiger partial charge in [0.25, 0.3) is 0 Å². The standard InChI is InChI=1S/C13H14O3/c1-5-10-11(6-2)13(16-4)9(8-14)7-12(10)15-3/h5-8H,1-2H2,3-4H3. The van der Waals surface area contributed by atoms with E-state index in [1.807, 2.05) is 0 Å². The van der Waals surface area contributed by atoms with Crippen LogP contribution in [-0.4, -0.2) is 20.5 Å². The molecule has 3 nitrogen and oxygen atoms in total. The normalized spacial score (nSPS) is 9.38. The molecule has 0 N–H and O–H groups in total. The van der Waals surface area contributed by atoms with Gasteiger partial charge in [0, 0.05) is 11.1 Å². The maximum Gasteiger partial charge on any atom is 0.153 e. The van der Waals surface area contributed by atoms with E-state index in [1.54, 1.807) is 18.2 Å². The average Bonchev–Trinajstić information content (AvgIpc) is 2.35. The van der Waals surface area contributed by atoms with E-state index in [0.29, 0.717) is 22.6 Å². The van der Waals surface area contributed by atoms with Crippen molar-refractivity contribution in [3.63, 3.8) is 0 Å². The molecule has 0 amide bonds. The molecule has 16 heavy (non-hydrogen) atoms. The molecule has 0 fully saturated rings. The molecular weight excluding hydrogens is 204 g/mol. The lowest BCUT2D eigenvalue weighted by atomic mass is 10.0. The van der Waals surface area contributed by atoms with Crippen LogP contribution in [0.5, 0.6) is 11.5 Å². The smallest absolute Gasteiger partial charge is 0.153 e. The summed E-state index contributed by atoms with van der Waals surface area (Å²) in [7, 11) is 3.05. The number of methoxy groups -OCH3 is 2. The second-order valence-electron chi connectivity index (χ2n) is 3.05. The highest BCUT2D eigenvalue weighted by molar-refractivity contribution is 5.87. The highest BCUT2D eigenvalue weighted by Crippen LogP contribution is 2.35. The van der Waals surface area contributed by atoms with Crippen LogP contribution in [0.15, 0.2) is 19.2 Å². The van der Waals surface area contributed by atoms with Gasteiger partial charge >= 0.3 is 0 Å². The zero-order valence-electron chi connectivity index (χ0n) is 9.45. The van der Waals surface area contributed by atoms with Gasteiger partial charge in [0.1, 0.15) is 11.5 Å². The molecule has 1 rings (SSSR count). The number of carbonyl (C=O) groups is 1. The number of rotatable bonds is 5. The topological polar surface area (TPSA) is 35.5 Å². The lowest BCUT2D eigenvalue weighted by Crippen LogP contribution is -1.99. The first-order chi connectivity index (χ1) is 7.73. The van der Waals surface area contributed by atoms with Crippen molar-refractivity contribution in [1.29, 1.82) is 0 Å². The van der Waals surface area contributed by atoms with E-state index in [0.717, 1.165) is 11.8 Å². The van der Waals surface area contributed by atoms with Gasteiger partial charge in [0.2, 0.25) is 0 Å². The largest absolute Gasteiger partial charge is 0.496 e. The van der Waals surface area contributed by atoms with Crippen LogP contribution in [0.1, 0.15) is 21.5 Å². The molecule has 0 bridgehead atoms. The van der Waals surface area contributed by atoms with Crippen LogP contribution in [0, 0.1) is 0 Å². The summed E-state index contributed by atoms with van der Waals surface area (Å²) in [6.45, 7) is 7.41. The predicted molar refractivity (Wildman–Crippen MR) is 65.1 cm³/mol. The summed E-state index contributed by atoms with van der Waals surface area (Å²) < 4.78 is 10.4. The highest BCUT2D eigenvalue weighted by atomic mass is 16.5. The van der Waals surface area contributed by atoms with Crippen molar-refractivity contribution in [2.24, 2.45) is 0 Å². The number of hydrogen-bond donors (Lipinski definition) is 0. The maximum absolute atomic E-state index is 10.9. The second kappa shape index (κ2) is 5.16. The van der Waals surface area contributed by atoms with Crippen LogP contribution in [0.25, 0.3) is 12.2 Å². The monoisotopic (exact) mass is 218 g/mol. The summed E-state index contributed by atoms with van der Waals surface area (Å²) in [5.41, 5.74) is 1.90. The molecule has 0 aliphatic rings. The third-order valence-corrected chi connectivity index (χ3v) is 2.31. The van der Waals surface area contributed by atoms with Crippen LogP contribution in [0.4, 0.5) is 0 Å². The van der Waals surface area contributed by atoms with E-state index >= 15 is 0 Å². The number of ether oxygens (including phenoxy) is 2. The third kappa shape index (κ3) is 1.84. The summed E-state index contributed by atoms with van der Waals surface area (Å²) in [4.78, 5) is 10.9. The zero-order valence-corrected chi connectivity index (χ0v) is 9.45. The molecule has 84 valence electrons. The Labute approximate surface area is 95.0 Å². The predicted octanol–water partition coefficient (Wildman–Crippen LogP) is 2.80. The molecule has 0 radical (unpaired) electrons. The summed E-state index contributed by atoms with van der Waals surface area (Å²) in [6.07, 6.45) is 3.99. The Morgan fingerprint density at radius 3 is 2.12 bits per heavy atom. The average molecular weight is 218 g/mol. The Hall–Kier alpha value is -2.03. The quantitative estimate of drug-likeness (QED) is 0.713. The first kappa shape index (κ1) is 12.0. The minimum Gasteiger partial charge on any atom is -0.496 e.